The molecular weight excluding hydrogens is 354 g/mol. The molecule has 1 N–H and O–H groups in total. The fourth-order valence-corrected chi connectivity index (χ4v) is 3.43. The molecule has 28 heavy (non-hydrogen) atoms. The van der Waals surface area contributed by atoms with Gasteiger partial charge in [0, 0.05) is 18.8 Å². The lowest BCUT2D eigenvalue weighted by molar-refractivity contribution is -0.126. The van der Waals surface area contributed by atoms with E-state index in [-0.39, 0.29) is 11.9 Å². The van der Waals surface area contributed by atoms with Gasteiger partial charge in [0.05, 0.1) is 19.8 Å². The van der Waals surface area contributed by atoms with E-state index in [1.807, 2.05) is 49.4 Å². The third kappa shape index (κ3) is 5.70. The Labute approximate surface area is 166 Å². The maximum absolute atomic E-state index is 12.5. The quantitative estimate of drug-likeness (QED) is 0.759. The minimum atomic E-state index is -0.136. The number of benzene rings is 1. The highest BCUT2D eigenvalue weighted by Crippen LogP contribution is 2.20. The average molecular weight is 383 g/mol. The van der Waals surface area contributed by atoms with Crippen LogP contribution in [-0.4, -0.2) is 48.6 Å². The van der Waals surface area contributed by atoms with Crippen molar-refractivity contribution in [3.63, 3.8) is 0 Å². The first-order valence-corrected chi connectivity index (χ1v) is 9.84. The average Bonchev–Trinajstić information content (AvgIpc) is 2.76. The Bertz CT molecular complexity index is 746. The number of hydrogen-bond donors (Lipinski definition) is 1. The summed E-state index contributed by atoms with van der Waals surface area (Å²) in [5.74, 6) is 2.04. The number of methoxy groups -OCH3 is 1. The van der Waals surface area contributed by atoms with Crippen LogP contribution in [0.1, 0.15) is 25.3 Å². The molecule has 1 aromatic carbocycles. The Morgan fingerprint density at radius 2 is 2.07 bits per heavy atom. The summed E-state index contributed by atoms with van der Waals surface area (Å²) in [4.78, 5) is 19.0. The van der Waals surface area contributed by atoms with E-state index in [1.54, 1.807) is 13.3 Å². The van der Waals surface area contributed by atoms with Gasteiger partial charge in [0.1, 0.15) is 5.75 Å². The summed E-state index contributed by atoms with van der Waals surface area (Å²) >= 11 is 0. The number of pyridine rings is 1. The lowest BCUT2D eigenvalue weighted by atomic mass is 9.96. The van der Waals surface area contributed by atoms with Gasteiger partial charge in [-0.05, 0) is 62.5 Å². The van der Waals surface area contributed by atoms with Crippen molar-refractivity contribution in [3.05, 3.63) is 54.2 Å². The molecule has 0 spiro atoms. The fourth-order valence-electron chi connectivity index (χ4n) is 3.43. The number of hydrogen-bond acceptors (Lipinski definition) is 5. The zero-order valence-electron chi connectivity index (χ0n) is 16.6. The molecule has 0 bridgehead atoms. The third-order valence-electron chi connectivity index (χ3n) is 5.28. The van der Waals surface area contributed by atoms with Gasteiger partial charge in [0.2, 0.25) is 11.8 Å². The van der Waals surface area contributed by atoms with E-state index >= 15 is 0 Å². The molecule has 6 heteroatoms. The molecule has 1 aliphatic rings. The van der Waals surface area contributed by atoms with Crippen LogP contribution in [0.2, 0.25) is 0 Å². The number of rotatable bonds is 8. The fraction of sp³-hybridized carbons (Fsp3) is 0.455. The molecule has 3 rings (SSSR count). The van der Waals surface area contributed by atoms with Crippen LogP contribution in [0, 0.1) is 5.92 Å². The molecular formula is C22H29N3O3. The predicted molar refractivity (Wildman–Crippen MR) is 108 cm³/mol. The summed E-state index contributed by atoms with van der Waals surface area (Å²) in [6.45, 7) is 4.98. The molecule has 0 unspecified atom stereocenters. The summed E-state index contributed by atoms with van der Waals surface area (Å²) in [5, 5.41) is 3.04. The van der Waals surface area contributed by atoms with Gasteiger partial charge in [-0.1, -0.05) is 18.2 Å². The maximum atomic E-state index is 12.5. The van der Waals surface area contributed by atoms with Crippen LogP contribution in [0.3, 0.4) is 0 Å². The first-order valence-electron chi connectivity index (χ1n) is 9.84. The van der Waals surface area contributed by atoms with E-state index in [1.165, 1.54) is 0 Å². The lowest BCUT2D eigenvalue weighted by Crippen LogP contribution is -2.48. The van der Waals surface area contributed by atoms with Gasteiger partial charge < -0.3 is 14.8 Å². The van der Waals surface area contributed by atoms with E-state index in [0.717, 1.165) is 37.2 Å². The van der Waals surface area contributed by atoms with Crippen molar-refractivity contribution in [2.45, 2.75) is 32.4 Å². The lowest BCUT2D eigenvalue weighted by Gasteiger charge is -2.35. The summed E-state index contributed by atoms with van der Waals surface area (Å²) < 4.78 is 11.0. The topological polar surface area (TPSA) is 63.7 Å². The summed E-state index contributed by atoms with van der Waals surface area (Å²) in [7, 11) is 1.64. The van der Waals surface area contributed by atoms with Crippen molar-refractivity contribution < 1.29 is 14.3 Å². The van der Waals surface area contributed by atoms with Gasteiger partial charge in [-0.2, -0.15) is 0 Å². The first kappa shape index (κ1) is 20.1. The molecule has 2 aromatic rings. The number of nitrogens with one attached hydrogen (secondary N) is 1. The van der Waals surface area contributed by atoms with E-state index in [0.29, 0.717) is 24.9 Å². The van der Waals surface area contributed by atoms with E-state index in [2.05, 4.69) is 15.2 Å². The van der Waals surface area contributed by atoms with E-state index < -0.39 is 0 Å². The summed E-state index contributed by atoms with van der Waals surface area (Å²) in [5.41, 5.74) is 1.03. The predicted octanol–water partition coefficient (Wildman–Crippen LogP) is 2.89. The van der Waals surface area contributed by atoms with Crippen LogP contribution in [0.15, 0.2) is 48.7 Å². The zero-order chi connectivity index (χ0) is 19.8. The molecule has 1 aliphatic heterocycles. The Kier molecular flexibility index (Phi) is 7.25. The minimum Gasteiger partial charge on any atom is -0.497 e. The van der Waals surface area contributed by atoms with E-state index in [9.17, 15) is 4.79 Å². The third-order valence-corrected chi connectivity index (χ3v) is 5.28. The molecule has 1 aromatic heterocycles. The molecule has 1 saturated heterocycles. The monoisotopic (exact) mass is 383 g/mol. The molecule has 150 valence electrons. The normalized spacial score (nSPS) is 16.4. The van der Waals surface area contributed by atoms with Crippen LogP contribution in [0.25, 0.3) is 0 Å². The van der Waals surface area contributed by atoms with Gasteiger partial charge in [-0.25, -0.2) is 4.98 Å². The SMILES string of the molecule is COc1cccc(CNC(=O)[C@@H](C)N2CCC(COc3ccccn3)CC2)c1. The van der Waals surface area contributed by atoms with Crippen LogP contribution < -0.4 is 14.8 Å². The van der Waals surface area contributed by atoms with Crippen LogP contribution in [-0.2, 0) is 11.3 Å². The standard InChI is InChI=1S/C22H29N3O3/c1-17(22(26)24-15-19-6-5-7-20(14-19)27-2)25-12-9-18(10-13-25)16-28-21-8-3-4-11-23-21/h3-8,11,14,17-18H,9-10,12-13,15-16H2,1-2H3,(H,24,26)/t17-/m1/s1. The molecule has 0 aliphatic carbocycles. The second-order valence-corrected chi connectivity index (χ2v) is 7.20. The molecule has 1 amide bonds. The van der Waals surface area contributed by atoms with Crippen molar-refractivity contribution in [1.82, 2.24) is 15.2 Å². The number of piperidine rings is 1. The minimum absolute atomic E-state index is 0.0611. The number of nitrogens with zero attached hydrogens (tertiary/aromatic N) is 2. The second-order valence-electron chi connectivity index (χ2n) is 7.20. The number of amides is 1. The molecule has 1 atom stereocenters. The number of carbonyl (C=O) groups excluding carboxylic acids is 1. The molecule has 0 saturated carbocycles. The van der Waals surface area contributed by atoms with Gasteiger partial charge >= 0.3 is 0 Å². The van der Waals surface area contributed by atoms with Crippen molar-refractivity contribution in [3.8, 4) is 11.6 Å². The highest BCUT2D eigenvalue weighted by atomic mass is 16.5. The molecule has 1 fully saturated rings. The molecule has 0 radical (unpaired) electrons. The van der Waals surface area contributed by atoms with Crippen molar-refractivity contribution >= 4 is 5.91 Å². The zero-order valence-corrected chi connectivity index (χ0v) is 16.6. The molecule has 2 heterocycles. The van der Waals surface area contributed by atoms with Gasteiger partial charge in [0.25, 0.3) is 0 Å². The highest BCUT2D eigenvalue weighted by molar-refractivity contribution is 5.81. The number of ether oxygens (including phenoxy) is 2. The number of aromatic nitrogens is 1. The Balaban J connectivity index is 1.40. The van der Waals surface area contributed by atoms with Crippen molar-refractivity contribution in [2.75, 3.05) is 26.8 Å². The summed E-state index contributed by atoms with van der Waals surface area (Å²) in [6.07, 6.45) is 3.80. The Morgan fingerprint density at radius 3 is 2.79 bits per heavy atom. The summed E-state index contributed by atoms with van der Waals surface area (Å²) in [6, 6.07) is 13.3. The number of likely N-dealkylation sites (tertiary alicyclic amines) is 1. The number of carbonyl (C=O) groups is 1. The highest BCUT2D eigenvalue weighted by Gasteiger charge is 2.26. The van der Waals surface area contributed by atoms with E-state index in [4.69, 9.17) is 9.47 Å². The smallest absolute Gasteiger partial charge is 0.237 e. The van der Waals surface area contributed by atoms with Gasteiger partial charge in [-0.15, -0.1) is 0 Å². The van der Waals surface area contributed by atoms with Crippen LogP contribution in [0.4, 0.5) is 0 Å². The molecule has 6 nitrogen and oxygen atoms in total. The van der Waals surface area contributed by atoms with Crippen molar-refractivity contribution in [2.24, 2.45) is 5.92 Å². The second kappa shape index (κ2) is 10.1. The Hall–Kier alpha value is -2.60. The first-order chi connectivity index (χ1) is 13.7. The van der Waals surface area contributed by atoms with Crippen LogP contribution in [0.5, 0.6) is 11.6 Å². The maximum Gasteiger partial charge on any atom is 0.237 e. The van der Waals surface area contributed by atoms with Gasteiger partial charge in [0.15, 0.2) is 0 Å². The van der Waals surface area contributed by atoms with Crippen molar-refractivity contribution in [1.29, 1.82) is 0 Å². The Morgan fingerprint density at radius 1 is 1.25 bits per heavy atom. The van der Waals surface area contributed by atoms with Gasteiger partial charge in [-0.3, -0.25) is 9.69 Å². The van der Waals surface area contributed by atoms with Crippen LogP contribution >= 0.6 is 0 Å². The largest absolute Gasteiger partial charge is 0.497 e.